The zero-order valence-corrected chi connectivity index (χ0v) is 13.3. The molecule has 0 radical (unpaired) electrons. The van der Waals surface area contributed by atoms with E-state index in [1.165, 1.54) is 11.1 Å². The Bertz CT molecular complexity index is 552. The monoisotopic (exact) mass is 283 g/mol. The summed E-state index contributed by atoms with van der Waals surface area (Å²) in [6.07, 6.45) is 3.29. The van der Waals surface area contributed by atoms with E-state index in [0.29, 0.717) is 6.04 Å². The lowest BCUT2D eigenvalue weighted by molar-refractivity contribution is 0.494. The fourth-order valence-electron chi connectivity index (χ4n) is 2.56. The van der Waals surface area contributed by atoms with Crippen molar-refractivity contribution >= 4 is 0 Å². The molecule has 0 aliphatic rings. The lowest BCUT2D eigenvalue weighted by Gasteiger charge is -2.20. The van der Waals surface area contributed by atoms with E-state index in [4.69, 9.17) is 0 Å². The number of hydrogen-bond donors (Lipinski definition) is 1. The predicted octanol–water partition coefficient (Wildman–Crippen LogP) is 3.77. The largest absolute Gasteiger partial charge is 0.310 e. The van der Waals surface area contributed by atoms with E-state index < -0.39 is 0 Å². The van der Waals surface area contributed by atoms with Gasteiger partial charge in [0.2, 0.25) is 0 Å². The predicted molar refractivity (Wildman–Crippen MR) is 87.3 cm³/mol. The molecule has 1 unspecified atom stereocenters. The van der Waals surface area contributed by atoms with Gasteiger partial charge in [0.15, 0.2) is 0 Å². The summed E-state index contributed by atoms with van der Waals surface area (Å²) in [6.45, 7) is 7.28. The summed E-state index contributed by atoms with van der Waals surface area (Å²) < 4.78 is 0. The molecule has 0 amide bonds. The second kappa shape index (κ2) is 7.89. The molecule has 1 atom stereocenters. The van der Waals surface area contributed by atoms with Crippen molar-refractivity contribution in [3.63, 3.8) is 0 Å². The molecular formula is C18H25N3. The summed E-state index contributed by atoms with van der Waals surface area (Å²) in [5.74, 6) is 0. The minimum atomic E-state index is 0.347. The first-order valence-electron chi connectivity index (χ1n) is 7.79. The highest BCUT2D eigenvalue weighted by molar-refractivity contribution is 5.24. The topological polar surface area (TPSA) is 37.8 Å². The molecule has 1 aromatic carbocycles. The van der Waals surface area contributed by atoms with Gasteiger partial charge in [0.1, 0.15) is 0 Å². The zero-order chi connectivity index (χ0) is 15.1. The van der Waals surface area contributed by atoms with Crippen LogP contribution < -0.4 is 5.32 Å². The molecule has 0 saturated carbocycles. The third-order valence-electron chi connectivity index (χ3n) is 3.72. The molecule has 0 saturated heterocycles. The Hall–Kier alpha value is -1.74. The molecule has 1 heterocycles. The second-order valence-corrected chi connectivity index (χ2v) is 5.56. The first kappa shape index (κ1) is 15.6. The SMILES string of the molecule is CCCNC(CCc1ccccc1)c1cc(C)nnc1C. The molecule has 1 N–H and O–H groups in total. The highest BCUT2D eigenvalue weighted by Gasteiger charge is 2.14. The maximum Gasteiger partial charge on any atom is 0.0648 e. The highest BCUT2D eigenvalue weighted by Crippen LogP contribution is 2.22. The van der Waals surface area contributed by atoms with Crippen LogP contribution in [0.2, 0.25) is 0 Å². The summed E-state index contributed by atoms with van der Waals surface area (Å²) in [6, 6.07) is 13.2. The van der Waals surface area contributed by atoms with Crippen LogP contribution in [0.3, 0.4) is 0 Å². The van der Waals surface area contributed by atoms with Crippen molar-refractivity contribution < 1.29 is 0 Å². The van der Waals surface area contributed by atoms with Crippen LogP contribution in [0, 0.1) is 13.8 Å². The Morgan fingerprint density at radius 2 is 1.86 bits per heavy atom. The van der Waals surface area contributed by atoms with Crippen LogP contribution in [0.4, 0.5) is 0 Å². The van der Waals surface area contributed by atoms with E-state index in [2.05, 4.69) is 58.8 Å². The zero-order valence-electron chi connectivity index (χ0n) is 13.3. The molecule has 0 aliphatic carbocycles. The minimum absolute atomic E-state index is 0.347. The Labute approximate surface area is 127 Å². The van der Waals surface area contributed by atoms with E-state index in [0.717, 1.165) is 37.2 Å². The summed E-state index contributed by atoms with van der Waals surface area (Å²) >= 11 is 0. The van der Waals surface area contributed by atoms with Crippen LogP contribution in [-0.4, -0.2) is 16.7 Å². The summed E-state index contributed by atoms with van der Waals surface area (Å²) in [5.41, 5.74) is 4.69. The molecule has 21 heavy (non-hydrogen) atoms. The smallest absolute Gasteiger partial charge is 0.0648 e. The summed E-state index contributed by atoms with van der Waals surface area (Å²) in [7, 11) is 0. The maximum absolute atomic E-state index is 4.27. The molecule has 112 valence electrons. The van der Waals surface area contributed by atoms with Gasteiger partial charge in [-0.1, -0.05) is 37.3 Å². The van der Waals surface area contributed by atoms with Crippen LogP contribution in [0.25, 0.3) is 0 Å². The van der Waals surface area contributed by atoms with Gasteiger partial charge in [0.25, 0.3) is 0 Å². The van der Waals surface area contributed by atoms with Crippen molar-refractivity contribution in [1.82, 2.24) is 15.5 Å². The normalized spacial score (nSPS) is 12.3. The minimum Gasteiger partial charge on any atom is -0.310 e. The number of aryl methyl sites for hydroxylation is 3. The molecule has 2 aromatic rings. The molecule has 1 aromatic heterocycles. The Morgan fingerprint density at radius 3 is 2.57 bits per heavy atom. The molecule has 0 spiro atoms. The van der Waals surface area contributed by atoms with Gasteiger partial charge >= 0.3 is 0 Å². The third-order valence-corrected chi connectivity index (χ3v) is 3.72. The molecule has 0 fully saturated rings. The van der Waals surface area contributed by atoms with Gasteiger partial charge in [-0.3, -0.25) is 0 Å². The molecule has 3 nitrogen and oxygen atoms in total. The van der Waals surface area contributed by atoms with E-state index in [9.17, 15) is 0 Å². The van der Waals surface area contributed by atoms with Gasteiger partial charge in [-0.2, -0.15) is 10.2 Å². The third kappa shape index (κ3) is 4.64. The first-order chi connectivity index (χ1) is 10.2. The summed E-state index contributed by atoms with van der Waals surface area (Å²) in [5, 5.41) is 12.1. The van der Waals surface area contributed by atoms with Crippen LogP contribution >= 0.6 is 0 Å². The van der Waals surface area contributed by atoms with Crippen molar-refractivity contribution in [2.24, 2.45) is 0 Å². The van der Waals surface area contributed by atoms with E-state index in [-0.39, 0.29) is 0 Å². The van der Waals surface area contributed by atoms with Crippen molar-refractivity contribution in [3.8, 4) is 0 Å². The van der Waals surface area contributed by atoms with Crippen LogP contribution in [0.15, 0.2) is 36.4 Å². The number of nitrogens with zero attached hydrogens (tertiary/aromatic N) is 2. The number of rotatable bonds is 7. The Morgan fingerprint density at radius 1 is 1.10 bits per heavy atom. The summed E-state index contributed by atoms with van der Waals surface area (Å²) in [4.78, 5) is 0. The molecule has 0 aliphatic heterocycles. The molecule has 2 rings (SSSR count). The fraction of sp³-hybridized carbons (Fsp3) is 0.444. The number of benzene rings is 1. The van der Waals surface area contributed by atoms with E-state index in [1.54, 1.807) is 0 Å². The van der Waals surface area contributed by atoms with Gasteiger partial charge < -0.3 is 5.32 Å². The quantitative estimate of drug-likeness (QED) is 0.840. The van der Waals surface area contributed by atoms with Gasteiger partial charge in [-0.05, 0) is 56.8 Å². The average molecular weight is 283 g/mol. The Kier molecular flexibility index (Phi) is 5.88. The fourth-order valence-corrected chi connectivity index (χ4v) is 2.56. The molecule has 3 heteroatoms. The van der Waals surface area contributed by atoms with Gasteiger partial charge in [-0.15, -0.1) is 0 Å². The second-order valence-electron chi connectivity index (χ2n) is 5.56. The van der Waals surface area contributed by atoms with E-state index >= 15 is 0 Å². The van der Waals surface area contributed by atoms with Gasteiger partial charge in [0, 0.05) is 6.04 Å². The first-order valence-corrected chi connectivity index (χ1v) is 7.79. The number of hydrogen-bond acceptors (Lipinski definition) is 3. The van der Waals surface area contributed by atoms with Crippen LogP contribution in [0.5, 0.6) is 0 Å². The molecular weight excluding hydrogens is 258 g/mol. The highest BCUT2D eigenvalue weighted by atomic mass is 15.1. The van der Waals surface area contributed by atoms with Gasteiger partial charge in [0.05, 0.1) is 11.4 Å². The maximum atomic E-state index is 4.27. The van der Waals surface area contributed by atoms with Crippen molar-refractivity contribution in [2.75, 3.05) is 6.54 Å². The van der Waals surface area contributed by atoms with E-state index in [1.807, 2.05) is 13.8 Å². The average Bonchev–Trinajstić information content (AvgIpc) is 2.51. The van der Waals surface area contributed by atoms with Gasteiger partial charge in [-0.25, -0.2) is 0 Å². The van der Waals surface area contributed by atoms with Crippen LogP contribution in [0.1, 0.15) is 48.3 Å². The Balaban J connectivity index is 2.12. The van der Waals surface area contributed by atoms with Crippen molar-refractivity contribution in [2.45, 2.75) is 46.1 Å². The standard InChI is InChI=1S/C18H25N3/c1-4-12-19-18(11-10-16-8-6-5-7-9-16)17-13-14(2)20-21-15(17)3/h5-9,13,18-19H,4,10-12H2,1-3H3. The van der Waals surface area contributed by atoms with Crippen LogP contribution in [-0.2, 0) is 6.42 Å². The van der Waals surface area contributed by atoms with Crippen molar-refractivity contribution in [3.05, 3.63) is 58.9 Å². The lowest BCUT2D eigenvalue weighted by Crippen LogP contribution is -2.24. The number of nitrogens with one attached hydrogen (secondary N) is 1. The van der Waals surface area contributed by atoms with Crippen molar-refractivity contribution in [1.29, 1.82) is 0 Å². The molecule has 0 bridgehead atoms. The number of aromatic nitrogens is 2. The lowest BCUT2D eigenvalue weighted by atomic mass is 9.97.